The van der Waals surface area contributed by atoms with Gasteiger partial charge in [-0.15, -0.1) is 0 Å². The summed E-state index contributed by atoms with van der Waals surface area (Å²) in [7, 11) is 0. The van der Waals surface area contributed by atoms with Crippen LogP contribution in [0.5, 0.6) is 0 Å². The van der Waals surface area contributed by atoms with Crippen molar-refractivity contribution in [3.63, 3.8) is 0 Å². The molecule has 1 aliphatic heterocycles. The topological polar surface area (TPSA) is 89.9 Å². The Morgan fingerprint density at radius 1 is 1.26 bits per heavy atom. The zero-order valence-electron chi connectivity index (χ0n) is 9.98. The van der Waals surface area contributed by atoms with E-state index < -0.39 is 36.6 Å². The lowest BCUT2D eigenvalue weighted by atomic mass is 9.94. The van der Waals surface area contributed by atoms with E-state index in [1.165, 1.54) is 0 Å². The van der Waals surface area contributed by atoms with Gasteiger partial charge in [-0.05, 0) is 6.42 Å². The Kier molecular flexibility index (Phi) is 4.98. The van der Waals surface area contributed by atoms with Gasteiger partial charge in [-0.3, -0.25) is 4.79 Å². The first-order valence-electron chi connectivity index (χ1n) is 5.70. The summed E-state index contributed by atoms with van der Waals surface area (Å²) >= 11 is 0. The molecular weight excluding hydrogens is 269 g/mol. The van der Waals surface area contributed by atoms with Crippen molar-refractivity contribution in [2.24, 2.45) is 5.92 Å². The largest absolute Gasteiger partial charge is 0.481 e. The standard InChI is InChI=1S/C10H15F3N2O4/c11-10(12,13)1-2-14-7-3-6(8(16)17)4-15(5-7)9(18)19/h6-7,14H,1-5H2,(H,16,17)(H,18,19)/t6-,7+/m1/s1. The van der Waals surface area contributed by atoms with Crippen LogP contribution >= 0.6 is 0 Å². The van der Waals surface area contributed by atoms with Gasteiger partial charge < -0.3 is 20.4 Å². The summed E-state index contributed by atoms with van der Waals surface area (Å²) in [6.07, 6.45) is -6.47. The molecule has 0 bridgehead atoms. The highest BCUT2D eigenvalue weighted by molar-refractivity contribution is 5.72. The van der Waals surface area contributed by atoms with Crippen molar-refractivity contribution in [1.82, 2.24) is 10.2 Å². The molecular formula is C10H15F3N2O4. The third-order valence-corrected chi connectivity index (χ3v) is 2.91. The van der Waals surface area contributed by atoms with E-state index in [1.807, 2.05) is 0 Å². The predicted molar refractivity (Wildman–Crippen MR) is 57.8 cm³/mol. The first-order valence-corrected chi connectivity index (χ1v) is 5.70. The molecule has 0 aromatic rings. The number of carbonyl (C=O) groups is 2. The number of rotatable bonds is 4. The van der Waals surface area contributed by atoms with Crippen molar-refractivity contribution >= 4 is 12.1 Å². The van der Waals surface area contributed by atoms with E-state index in [0.29, 0.717) is 0 Å². The van der Waals surface area contributed by atoms with Crippen LogP contribution in [-0.2, 0) is 4.79 Å². The Morgan fingerprint density at radius 3 is 2.37 bits per heavy atom. The zero-order chi connectivity index (χ0) is 14.6. The van der Waals surface area contributed by atoms with Crippen LogP contribution in [0.15, 0.2) is 0 Å². The van der Waals surface area contributed by atoms with Gasteiger partial charge in [-0.2, -0.15) is 13.2 Å². The molecule has 0 unspecified atom stereocenters. The van der Waals surface area contributed by atoms with Crippen LogP contribution in [0.2, 0.25) is 0 Å². The van der Waals surface area contributed by atoms with Crippen molar-refractivity contribution in [1.29, 1.82) is 0 Å². The van der Waals surface area contributed by atoms with Crippen molar-refractivity contribution in [2.75, 3.05) is 19.6 Å². The average Bonchev–Trinajstić information content (AvgIpc) is 2.26. The number of alkyl halides is 3. The van der Waals surface area contributed by atoms with Crippen LogP contribution in [0.3, 0.4) is 0 Å². The van der Waals surface area contributed by atoms with Crippen LogP contribution in [-0.4, -0.2) is 59.0 Å². The Hall–Kier alpha value is -1.51. The molecule has 0 spiro atoms. The number of halogens is 3. The molecule has 0 radical (unpaired) electrons. The molecule has 1 aliphatic rings. The highest BCUT2D eigenvalue weighted by atomic mass is 19.4. The van der Waals surface area contributed by atoms with Gasteiger partial charge in [-0.25, -0.2) is 4.79 Å². The van der Waals surface area contributed by atoms with Gasteiger partial charge in [0, 0.05) is 25.7 Å². The minimum atomic E-state index is -4.29. The summed E-state index contributed by atoms with van der Waals surface area (Å²) in [4.78, 5) is 22.6. The van der Waals surface area contributed by atoms with E-state index in [0.717, 1.165) is 4.90 Å². The van der Waals surface area contributed by atoms with E-state index in [-0.39, 0.29) is 26.1 Å². The molecule has 0 aliphatic carbocycles. The lowest BCUT2D eigenvalue weighted by Crippen LogP contribution is -2.52. The fourth-order valence-corrected chi connectivity index (χ4v) is 2.00. The number of carboxylic acids is 1. The fourth-order valence-electron chi connectivity index (χ4n) is 2.00. The summed E-state index contributed by atoms with van der Waals surface area (Å²) in [5.41, 5.74) is 0. The first-order chi connectivity index (χ1) is 8.69. The van der Waals surface area contributed by atoms with E-state index in [1.54, 1.807) is 0 Å². The number of amides is 1. The molecule has 0 aromatic carbocycles. The van der Waals surface area contributed by atoms with Crippen LogP contribution in [0.25, 0.3) is 0 Å². The summed E-state index contributed by atoms with van der Waals surface area (Å²) in [5.74, 6) is -2.04. The number of nitrogens with one attached hydrogen (secondary N) is 1. The Bertz CT molecular complexity index is 326. The number of nitrogens with zero attached hydrogens (tertiary/aromatic N) is 1. The molecule has 0 aromatic heterocycles. The number of hydrogen-bond donors (Lipinski definition) is 3. The predicted octanol–water partition coefficient (Wildman–Crippen LogP) is 0.982. The number of piperidine rings is 1. The van der Waals surface area contributed by atoms with E-state index in [2.05, 4.69) is 5.32 Å². The average molecular weight is 284 g/mol. The molecule has 19 heavy (non-hydrogen) atoms. The molecule has 1 heterocycles. The van der Waals surface area contributed by atoms with E-state index in [4.69, 9.17) is 10.2 Å². The second-order valence-electron chi connectivity index (χ2n) is 4.47. The van der Waals surface area contributed by atoms with E-state index in [9.17, 15) is 22.8 Å². The number of aliphatic carboxylic acids is 1. The summed E-state index contributed by atoms with van der Waals surface area (Å²) in [6.45, 7) is -0.493. The second kappa shape index (κ2) is 6.09. The number of likely N-dealkylation sites (tertiary alicyclic amines) is 1. The molecule has 9 heteroatoms. The molecule has 1 rings (SSSR count). The molecule has 1 saturated heterocycles. The van der Waals surface area contributed by atoms with Crippen LogP contribution in [0, 0.1) is 5.92 Å². The van der Waals surface area contributed by atoms with Gasteiger partial charge in [-0.1, -0.05) is 0 Å². The van der Waals surface area contributed by atoms with Crippen molar-refractivity contribution < 1.29 is 33.0 Å². The first kappa shape index (κ1) is 15.5. The Morgan fingerprint density at radius 2 is 1.89 bits per heavy atom. The Balaban J connectivity index is 2.52. The maximum absolute atomic E-state index is 12.0. The van der Waals surface area contributed by atoms with Crippen LogP contribution < -0.4 is 5.32 Å². The highest BCUT2D eigenvalue weighted by Crippen LogP contribution is 2.20. The molecule has 2 atom stereocenters. The van der Waals surface area contributed by atoms with Gasteiger partial charge >= 0.3 is 18.2 Å². The van der Waals surface area contributed by atoms with Gasteiger partial charge in [0.2, 0.25) is 0 Å². The zero-order valence-corrected chi connectivity index (χ0v) is 9.98. The Labute approximate surface area is 107 Å². The summed E-state index contributed by atoms with van der Waals surface area (Å²) in [5, 5.41) is 20.3. The second-order valence-corrected chi connectivity index (χ2v) is 4.47. The monoisotopic (exact) mass is 284 g/mol. The maximum Gasteiger partial charge on any atom is 0.407 e. The number of carboxylic acid groups (broad SMARTS) is 2. The molecule has 1 amide bonds. The smallest absolute Gasteiger partial charge is 0.407 e. The fraction of sp³-hybridized carbons (Fsp3) is 0.800. The SMILES string of the molecule is O=C(O)[C@@H]1C[C@H](NCCC(F)(F)F)CN(C(=O)O)C1. The van der Waals surface area contributed by atoms with Crippen LogP contribution in [0.1, 0.15) is 12.8 Å². The van der Waals surface area contributed by atoms with Crippen molar-refractivity contribution in [2.45, 2.75) is 25.1 Å². The van der Waals surface area contributed by atoms with Crippen molar-refractivity contribution in [3.8, 4) is 0 Å². The third kappa shape index (κ3) is 5.33. The maximum atomic E-state index is 12.0. The van der Waals surface area contributed by atoms with Gasteiger partial charge in [0.15, 0.2) is 0 Å². The van der Waals surface area contributed by atoms with Crippen LogP contribution in [0.4, 0.5) is 18.0 Å². The normalized spacial score (nSPS) is 24.3. The molecule has 0 saturated carbocycles. The quantitative estimate of drug-likeness (QED) is 0.716. The third-order valence-electron chi connectivity index (χ3n) is 2.91. The highest BCUT2D eigenvalue weighted by Gasteiger charge is 2.34. The number of hydrogen-bond acceptors (Lipinski definition) is 3. The van der Waals surface area contributed by atoms with Gasteiger partial charge in [0.1, 0.15) is 0 Å². The summed E-state index contributed by atoms with van der Waals surface area (Å²) < 4.78 is 35.9. The lowest BCUT2D eigenvalue weighted by Gasteiger charge is -2.35. The van der Waals surface area contributed by atoms with Crippen molar-refractivity contribution in [3.05, 3.63) is 0 Å². The molecule has 3 N–H and O–H groups in total. The van der Waals surface area contributed by atoms with E-state index >= 15 is 0 Å². The molecule has 6 nitrogen and oxygen atoms in total. The minimum absolute atomic E-state index is 0.00301. The minimum Gasteiger partial charge on any atom is -0.481 e. The summed E-state index contributed by atoms with van der Waals surface area (Å²) in [6, 6.07) is -0.576. The molecule has 110 valence electrons. The van der Waals surface area contributed by atoms with Gasteiger partial charge in [0.05, 0.1) is 12.3 Å². The lowest BCUT2D eigenvalue weighted by molar-refractivity contribution is -0.144. The van der Waals surface area contributed by atoms with Gasteiger partial charge in [0.25, 0.3) is 0 Å². The molecule has 1 fully saturated rings.